The van der Waals surface area contributed by atoms with Crippen LogP contribution in [0.25, 0.3) is 0 Å². The number of thiophene rings is 1. The van der Waals surface area contributed by atoms with Gasteiger partial charge in [-0.2, -0.15) is 0 Å². The molecule has 0 aliphatic rings. The van der Waals surface area contributed by atoms with Crippen LogP contribution in [-0.4, -0.2) is 24.6 Å². The third kappa shape index (κ3) is 3.58. The van der Waals surface area contributed by atoms with E-state index < -0.39 is 0 Å². The Hall–Kier alpha value is -1.40. The zero-order chi connectivity index (χ0) is 14.5. The first-order valence-electron chi connectivity index (χ1n) is 6.48. The molecule has 2 rings (SSSR count). The van der Waals surface area contributed by atoms with Gasteiger partial charge in [0.2, 0.25) is 0 Å². The number of aromatic nitrogens is 1. The van der Waals surface area contributed by atoms with Crippen molar-refractivity contribution in [3.63, 3.8) is 0 Å². The molecule has 0 bridgehead atoms. The van der Waals surface area contributed by atoms with Crippen LogP contribution in [0.15, 0.2) is 22.9 Å². The third-order valence-electron chi connectivity index (χ3n) is 3.01. The Balaban J connectivity index is 2.02. The average Bonchev–Trinajstić information content (AvgIpc) is 3.08. The first-order valence-corrected chi connectivity index (χ1v) is 8.24. The van der Waals surface area contributed by atoms with E-state index in [1.165, 1.54) is 4.88 Å². The van der Waals surface area contributed by atoms with Gasteiger partial charge in [-0.1, -0.05) is 6.07 Å². The molecule has 2 aromatic rings. The molecular formula is C14H18N2O2S2. The standard InChI is InChI=1S/C14H18N2O2S2/c1-4-18-13(17)8-11-9-20-14(15-11)16(3)10(2)12-6-5-7-19-12/h5-7,9-10H,4,8H2,1-3H3. The fourth-order valence-corrected chi connectivity index (χ4v) is 3.48. The number of carbonyl (C=O) groups is 1. The Morgan fingerprint density at radius 1 is 1.50 bits per heavy atom. The summed E-state index contributed by atoms with van der Waals surface area (Å²) in [4.78, 5) is 19.4. The Morgan fingerprint density at radius 2 is 2.30 bits per heavy atom. The third-order valence-corrected chi connectivity index (χ3v) is 5.03. The minimum atomic E-state index is -0.224. The second-order valence-corrected chi connectivity index (χ2v) is 6.22. The minimum Gasteiger partial charge on any atom is -0.466 e. The van der Waals surface area contributed by atoms with E-state index in [2.05, 4.69) is 34.3 Å². The Labute approximate surface area is 127 Å². The molecule has 1 unspecified atom stereocenters. The lowest BCUT2D eigenvalue weighted by atomic mass is 10.2. The van der Waals surface area contributed by atoms with E-state index >= 15 is 0 Å². The van der Waals surface area contributed by atoms with Gasteiger partial charge in [0.05, 0.1) is 24.8 Å². The van der Waals surface area contributed by atoms with Gasteiger partial charge in [0, 0.05) is 17.3 Å². The van der Waals surface area contributed by atoms with Crippen molar-refractivity contribution < 1.29 is 9.53 Å². The lowest BCUT2D eigenvalue weighted by Gasteiger charge is -2.23. The normalized spacial score (nSPS) is 12.2. The van der Waals surface area contributed by atoms with Crippen molar-refractivity contribution in [2.24, 2.45) is 0 Å². The van der Waals surface area contributed by atoms with Crippen LogP contribution in [-0.2, 0) is 16.0 Å². The molecule has 2 aromatic heterocycles. The number of thiazole rings is 1. The highest BCUT2D eigenvalue weighted by Gasteiger charge is 2.17. The molecule has 0 amide bonds. The molecule has 0 fully saturated rings. The number of nitrogens with zero attached hydrogens (tertiary/aromatic N) is 2. The zero-order valence-electron chi connectivity index (χ0n) is 11.8. The largest absolute Gasteiger partial charge is 0.466 e. The molecule has 4 nitrogen and oxygen atoms in total. The van der Waals surface area contributed by atoms with Crippen LogP contribution in [0, 0.1) is 0 Å². The first-order chi connectivity index (χ1) is 9.61. The molecule has 0 spiro atoms. The van der Waals surface area contributed by atoms with E-state index in [-0.39, 0.29) is 18.4 Å². The fraction of sp³-hybridized carbons (Fsp3) is 0.429. The summed E-state index contributed by atoms with van der Waals surface area (Å²) in [5.74, 6) is -0.224. The molecule has 108 valence electrons. The predicted molar refractivity (Wildman–Crippen MR) is 83.6 cm³/mol. The number of esters is 1. The summed E-state index contributed by atoms with van der Waals surface area (Å²) >= 11 is 3.29. The summed E-state index contributed by atoms with van der Waals surface area (Å²) < 4.78 is 4.94. The molecule has 6 heteroatoms. The molecule has 0 aliphatic heterocycles. The monoisotopic (exact) mass is 310 g/mol. The molecule has 0 aliphatic carbocycles. The van der Waals surface area contributed by atoms with Gasteiger partial charge in [0.1, 0.15) is 0 Å². The van der Waals surface area contributed by atoms with Crippen molar-refractivity contribution in [2.45, 2.75) is 26.3 Å². The van der Waals surface area contributed by atoms with Gasteiger partial charge in [0.25, 0.3) is 0 Å². The van der Waals surface area contributed by atoms with Crippen LogP contribution in [0.2, 0.25) is 0 Å². The van der Waals surface area contributed by atoms with Crippen LogP contribution >= 0.6 is 22.7 Å². The second kappa shape index (κ2) is 6.85. The van der Waals surface area contributed by atoms with Crippen molar-refractivity contribution in [3.8, 4) is 0 Å². The average molecular weight is 310 g/mol. The van der Waals surface area contributed by atoms with E-state index in [0.717, 1.165) is 10.8 Å². The van der Waals surface area contributed by atoms with Gasteiger partial charge in [-0.15, -0.1) is 22.7 Å². The molecular weight excluding hydrogens is 292 g/mol. The number of rotatable bonds is 6. The van der Waals surface area contributed by atoms with E-state index in [1.807, 2.05) is 12.4 Å². The van der Waals surface area contributed by atoms with Crippen LogP contribution in [0.3, 0.4) is 0 Å². The zero-order valence-corrected chi connectivity index (χ0v) is 13.5. The molecule has 20 heavy (non-hydrogen) atoms. The van der Waals surface area contributed by atoms with Crippen molar-refractivity contribution in [1.82, 2.24) is 4.98 Å². The smallest absolute Gasteiger partial charge is 0.311 e. The van der Waals surface area contributed by atoms with Crippen molar-refractivity contribution >= 4 is 33.8 Å². The Bertz CT molecular complexity index is 551. The summed E-state index contributed by atoms with van der Waals surface area (Å²) in [5.41, 5.74) is 0.772. The highest BCUT2D eigenvalue weighted by molar-refractivity contribution is 7.13. The first kappa shape index (κ1) is 15.0. The van der Waals surface area contributed by atoms with E-state index in [4.69, 9.17) is 4.74 Å². The lowest BCUT2D eigenvalue weighted by Crippen LogP contribution is -2.20. The van der Waals surface area contributed by atoms with Crippen LogP contribution < -0.4 is 4.90 Å². The lowest BCUT2D eigenvalue weighted by molar-refractivity contribution is -0.142. The second-order valence-electron chi connectivity index (χ2n) is 4.41. The predicted octanol–water partition coefficient (Wildman–Crippen LogP) is 3.51. The van der Waals surface area contributed by atoms with E-state index in [9.17, 15) is 4.79 Å². The highest BCUT2D eigenvalue weighted by Crippen LogP contribution is 2.30. The Morgan fingerprint density at radius 3 is 2.95 bits per heavy atom. The number of hydrogen-bond donors (Lipinski definition) is 0. The molecule has 1 atom stereocenters. The highest BCUT2D eigenvalue weighted by atomic mass is 32.1. The summed E-state index contributed by atoms with van der Waals surface area (Å²) in [6.07, 6.45) is 0.242. The summed E-state index contributed by atoms with van der Waals surface area (Å²) in [7, 11) is 2.03. The molecule has 0 saturated heterocycles. The summed E-state index contributed by atoms with van der Waals surface area (Å²) in [6, 6.07) is 4.45. The summed E-state index contributed by atoms with van der Waals surface area (Å²) in [5, 5.41) is 4.92. The Kier molecular flexibility index (Phi) is 5.14. The van der Waals surface area contributed by atoms with Gasteiger partial charge in [-0.05, 0) is 25.3 Å². The molecule has 2 heterocycles. The van der Waals surface area contributed by atoms with Gasteiger partial charge in [0.15, 0.2) is 5.13 Å². The van der Waals surface area contributed by atoms with Crippen molar-refractivity contribution in [3.05, 3.63) is 33.5 Å². The van der Waals surface area contributed by atoms with Crippen LogP contribution in [0.1, 0.15) is 30.5 Å². The molecule has 0 saturated carbocycles. The SMILES string of the molecule is CCOC(=O)Cc1csc(N(C)C(C)c2cccs2)n1. The topological polar surface area (TPSA) is 42.4 Å². The molecule has 0 radical (unpaired) electrons. The maximum Gasteiger partial charge on any atom is 0.311 e. The van der Waals surface area contributed by atoms with E-state index in [0.29, 0.717) is 6.61 Å². The number of ether oxygens (including phenoxy) is 1. The van der Waals surface area contributed by atoms with Gasteiger partial charge < -0.3 is 9.64 Å². The van der Waals surface area contributed by atoms with Crippen LogP contribution in [0.4, 0.5) is 5.13 Å². The van der Waals surface area contributed by atoms with Crippen molar-refractivity contribution in [2.75, 3.05) is 18.6 Å². The van der Waals surface area contributed by atoms with E-state index in [1.54, 1.807) is 29.6 Å². The number of anilines is 1. The molecule has 0 N–H and O–H groups in total. The summed E-state index contributed by atoms with van der Waals surface area (Å²) in [6.45, 7) is 4.37. The quantitative estimate of drug-likeness (QED) is 0.766. The maximum atomic E-state index is 11.4. The maximum absolute atomic E-state index is 11.4. The van der Waals surface area contributed by atoms with Crippen molar-refractivity contribution in [1.29, 1.82) is 0 Å². The number of carbonyl (C=O) groups excluding carboxylic acids is 1. The fourth-order valence-electron chi connectivity index (χ4n) is 1.78. The van der Waals surface area contributed by atoms with Gasteiger partial charge in [-0.3, -0.25) is 4.79 Å². The van der Waals surface area contributed by atoms with Gasteiger partial charge >= 0.3 is 5.97 Å². The van der Waals surface area contributed by atoms with Crippen LogP contribution in [0.5, 0.6) is 0 Å². The number of hydrogen-bond acceptors (Lipinski definition) is 6. The minimum absolute atomic E-state index is 0.224. The van der Waals surface area contributed by atoms with Gasteiger partial charge in [-0.25, -0.2) is 4.98 Å². The molecule has 0 aromatic carbocycles.